The zero-order chi connectivity index (χ0) is 14.0. The third-order valence-electron chi connectivity index (χ3n) is 4.24. The molecule has 1 fully saturated rings. The van der Waals surface area contributed by atoms with Gasteiger partial charge in [0.1, 0.15) is 5.01 Å². The third kappa shape index (κ3) is 2.52. The summed E-state index contributed by atoms with van der Waals surface area (Å²) in [6, 6.07) is 10.5. The van der Waals surface area contributed by atoms with E-state index in [1.165, 1.54) is 29.7 Å². The zero-order valence-corrected chi connectivity index (χ0v) is 12.9. The van der Waals surface area contributed by atoms with Crippen LogP contribution in [0.4, 0.5) is 0 Å². The zero-order valence-electron chi connectivity index (χ0n) is 12.1. The summed E-state index contributed by atoms with van der Waals surface area (Å²) in [5.41, 5.74) is 8.82. The maximum Gasteiger partial charge on any atom is 0.113 e. The van der Waals surface area contributed by atoms with Crippen molar-refractivity contribution in [3.05, 3.63) is 40.2 Å². The molecule has 3 heteroatoms. The van der Waals surface area contributed by atoms with Gasteiger partial charge in [-0.3, -0.25) is 0 Å². The van der Waals surface area contributed by atoms with Crippen LogP contribution in [-0.4, -0.2) is 4.98 Å². The number of hydrogen-bond acceptors (Lipinski definition) is 3. The van der Waals surface area contributed by atoms with Crippen molar-refractivity contribution in [2.45, 2.75) is 51.0 Å². The molecule has 3 rings (SSSR count). The van der Waals surface area contributed by atoms with E-state index in [2.05, 4.69) is 31.2 Å². The average Bonchev–Trinajstić information content (AvgIpc) is 2.94. The minimum Gasteiger partial charge on any atom is -0.319 e. The predicted molar refractivity (Wildman–Crippen MR) is 85.9 cm³/mol. The van der Waals surface area contributed by atoms with Crippen molar-refractivity contribution < 1.29 is 0 Å². The van der Waals surface area contributed by atoms with Gasteiger partial charge in [0.2, 0.25) is 0 Å². The highest BCUT2D eigenvalue weighted by Gasteiger charge is 2.33. The molecule has 20 heavy (non-hydrogen) atoms. The lowest BCUT2D eigenvalue weighted by Gasteiger charge is -2.31. The van der Waals surface area contributed by atoms with Crippen molar-refractivity contribution >= 4 is 11.3 Å². The van der Waals surface area contributed by atoms with Gasteiger partial charge in [0, 0.05) is 10.4 Å². The Hall–Kier alpha value is -1.19. The van der Waals surface area contributed by atoms with Crippen molar-refractivity contribution in [1.82, 2.24) is 4.98 Å². The largest absolute Gasteiger partial charge is 0.319 e. The van der Waals surface area contributed by atoms with Crippen molar-refractivity contribution in [2.75, 3.05) is 0 Å². The number of hydrogen-bond donors (Lipinski definition) is 1. The Bertz CT molecular complexity index is 568. The number of rotatable bonds is 3. The summed E-state index contributed by atoms with van der Waals surface area (Å²) >= 11 is 1.82. The molecule has 0 atom stereocenters. The molecule has 0 radical (unpaired) electrons. The molecule has 0 saturated heterocycles. The normalized spacial score (nSPS) is 18.1. The lowest BCUT2D eigenvalue weighted by Crippen LogP contribution is -2.38. The number of nitrogens with zero attached hydrogens (tertiary/aromatic N) is 1. The smallest absolute Gasteiger partial charge is 0.113 e. The predicted octanol–water partition coefficient (Wildman–Crippen LogP) is 4.49. The lowest BCUT2D eigenvalue weighted by atomic mass is 9.83. The van der Waals surface area contributed by atoms with E-state index in [9.17, 15) is 0 Å². The van der Waals surface area contributed by atoms with Gasteiger partial charge in [0.25, 0.3) is 0 Å². The second-order valence-corrected chi connectivity index (χ2v) is 6.81. The van der Waals surface area contributed by atoms with Crippen molar-refractivity contribution in [1.29, 1.82) is 0 Å². The summed E-state index contributed by atoms with van der Waals surface area (Å²) < 4.78 is 0. The Morgan fingerprint density at radius 2 is 1.85 bits per heavy atom. The van der Waals surface area contributed by atoms with Crippen LogP contribution in [0.1, 0.15) is 48.9 Å². The standard InChI is InChI=1S/C17H22N2S/c1-2-14-15(13-9-5-3-6-10-13)19-16(20-14)17(18)11-7-4-8-12-17/h3,5-6,9-10H,2,4,7-8,11-12,18H2,1H3. The Kier molecular flexibility index (Phi) is 3.90. The van der Waals surface area contributed by atoms with Crippen molar-refractivity contribution in [3.8, 4) is 11.3 Å². The molecule has 2 nitrogen and oxygen atoms in total. The summed E-state index contributed by atoms with van der Waals surface area (Å²) in [5, 5.41) is 1.15. The van der Waals surface area contributed by atoms with Gasteiger partial charge < -0.3 is 5.73 Å². The molecule has 0 aliphatic heterocycles. The van der Waals surface area contributed by atoms with Crippen LogP contribution >= 0.6 is 11.3 Å². The van der Waals surface area contributed by atoms with E-state index in [1.54, 1.807) is 0 Å². The summed E-state index contributed by atoms with van der Waals surface area (Å²) in [6.45, 7) is 2.20. The first kappa shape index (κ1) is 13.8. The molecule has 1 aromatic carbocycles. The molecular weight excluding hydrogens is 264 g/mol. The molecule has 0 bridgehead atoms. The molecule has 1 aromatic heterocycles. The van der Waals surface area contributed by atoms with Gasteiger partial charge in [-0.25, -0.2) is 4.98 Å². The van der Waals surface area contributed by atoms with Gasteiger partial charge in [0.05, 0.1) is 11.2 Å². The maximum atomic E-state index is 6.64. The van der Waals surface area contributed by atoms with Crippen LogP contribution in [0, 0.1) is 0 Å². The Morgan fingerprint density at radius 1 is 1.15 bits per heavy atom. The molecular formula is C17H22N2S. The van der Waals surface area contributed by atoms with Gasteiger partial charge in [-0.15, -0.1) is 11.3 Å². The first-order chi connectivity index (χ1) is 9.73. The van der Waals surface area contributed by atoms with Gasteiger partial charge >= 0.3 is 0 Å². The molecule has 0 spiro atoms. The minimum absolute atomic E-state index is 0.181. The SMILES string of the molecule is CCc1sc(C2(N)CCCCC2)nc1-c1ccccc1. The number of benzene rings is 1. The minimum atomic E-state index is -0.181. The molecule has 1 aliphatic carbocycles. The number of aryl methyl sites for hydroxylation is 1. The molecule has 0 amide bonds. The monoisotopic (exact) mass is 286 g/mol. The van der Waals surface area contributed by atoms with Crippen LogP contribution in [-0.2, 0) is 12.0 Å². The molecule has 1 saturated carbocycles. The summed E-state index contributed by atoms with van der Waals surface area (Å²) in [6.07, 6.45) is 6.97. The third-order valence-corrected chi connectivity index (χ3v) is 5.66. The van der Waals surface area contributed by atoms with Crippen LogP contribution in [0.5, 0.6) is 0 Å². The Morgan fingerprint density at radius 3 is 2.50 bits per heavy atom. The van der Waals surface area contributed by atoms with E-state index in [0.717, 1.165) is 30.0 Å². The number of thiazole rings is 1. The van der Waals surface area contributed by atoms with Crippen LogP contribution in [0.25, 0.3) is 11.3 Å². The Labute approximate surface area is 125 Å². The van der Waals surface area contributed by atoms with E-state index in [1.807, 2.05) is 17.4 Å². The Balaban J connectivity index is 2.00. The first-order valence-electron chi connectivity index (χ1n) is 7.57. The van der Waals surface area contributed by atoms with E-state index >= 15 is 0 Å². The second kappa shape index (κ2) is 5.66. The lowest BCUT2D eigenvalue weighted by molar-refractivity contribution is 0.301. The molecule has 1 aliphatic rings. The summed E-state index contributed by atoms with van der Waals surface area (Å²) in [7, 11) is 0. The van der Waals surface area contributed by atoms with Crippen LogP contribution in [0.2, 0.25) is 0 Å². The number of nitrogens with two attached hydrogens (primary N) is 1. The quantitative estimate of drug-likeness (QED) is 0.903. The molecule has 1 heterocycles. The van der Waals surface area contributed by atoms with Crippen LogP contribution in [0.15, 0.2) is 30.3 Å². The molecule has 2 N–H and O–H groups in total. The fourth-order valence-electron chi connectivity index (χ4n) is 3.02. The van der Waals surface area contributed by atoms with Gasteiger partial charge in [-0.1, -0.05) is 56.5 Å². The topological polar surface area (TPSA) is 38.9 Å². The highest BCUT2D eigenvalue weighted by molar-refractivity contribution is 7.12. The first-order valence-corrected chi connectivity index (χ1v) is 8.39. The summed E-state index contributed by atoms with van der Waals surface area (Å²) in [5.74, 6) is 0. The average molecular weight is 286 g/mol. The van der Waals surface area contributed by atoms with E-state index in [0.29, 0.717) is 0 Å². The fraction of sp³-hybridized carbons (Fsp3) is 0.471. The highest BCUT2D eigenvalue weighted by Crippen LogP contribution is 2.40. The molecule has 0 unspecified atom stereocenters. The van der Waals surface area contributed by atoms with Crippen molar-refractivity contribution in [2.24, 2.45) is 5.73 Å². The second-order valence-electron chi connectivity index (χ2n) is 5.73. The summed E-state index contributed by atoms with van der Waals surface area (Å²) in [4.78, 5) is 6.30. The molecule has 2 aromatic rings. The van der Waals surface area contributed by atoms with Gasteiger partial charge in [0.15, 0.2) is 0 Å². The van der Waals surface area contributed by atoms with Crippen LogP contribution < -0.4 is 5.73 Å². The fourth-order valence-corrected chi connectivity index (χ4v) is 4.20. The van der Waals surface area contributed by atoms with Crippen molar-refractivity contribution in [3.63, 3.8) is 0 Å². The van der Waals surface area contributed by atoms with E-state index in [4.69, 9.17) is 10.7 Å². The van der Waals surface area contributed by atoms with E-state index in [-0.39, 0.29) is 5.54 Å². The highest BCUT2D eigenvalue weighted by atomic mass is 32.1. The van der Waals surface area contributed by atoms with Gasteiger partial charge in [-0.05, 0) is 19.3 Å². The van der Waals surface area contributed by atoms with Gasteiger partial charge in [-0.2, -0.15) is 0 Å². The number of aromatic nitrogens is 1. The molecule has 106 valence electrons. The van der Waals surface area contributed by atoms with E-state index < -0.39 is 0 Å². The maximum absolute atomic E-state index is 6.64. The van der Waals surface area contributed by atoms with Crippen LogP contribution in [0.3, 0.4) is 0 Å².